The predicted molar refractivity (Wildman–Crippen MR) is 104 cm³/mol. The Hall–Kier alpha value is -2.39. The zero-order valence-electron chi connectivity index (χ0n) is 14.8. The van der Waals surface area contributed by atoms with Crippen LogP contribution in [0, 0.1) is 0 Å². The number of carbonyl (C=O) groups is 1. The van der Waals surface area contributed by atoms with Crippen molar-refractivity contribution in [2.75, 3.05) is 43.7 Å². The average Bonchev–Trinajstić information content (AvgIpc) is 3.02. The summed E-state index contributed by atoms with van der Waals surface area (Å²) in [6.45, 7) is 0. The van der Waals surface area contributed by atoms with E-state index in [9.17, 15) is 4.79 Å². The molecule has 2 aromatic heterocycles. The van der Waals surface area contributed by atoms with Crippen molar-refractivity contribution in [1.82, 2.24) is 24.6 Å². The van der Waals surface area contributed by atoms with E-state index in [1.165, 1.54) is 11.8 Å². The van der Waals surface area contributed by atoms with Gasteiger partial charge in [-0.3, -0.25) is 4.79 Å². The van der Waals surface area contributed by atoms with E-state index in [0.717, 1.165) is 0 Å². The van der Waals surface area contributed by atoms with Crippen LogP contribution >= 0.6 is 23.4 Å². The van der Waals surface area contributed by atoms with Gasteiger partial charge in [0.25, 0.3) is 5.78 Å². The van der Waals surface area contributed by atoms with Crippen molar-refractivity contribution in [2.24, 2.45) is 0 Å². The number of anilines is 2. The van der Waals surface area contributed by atoms with Crippen molar-refractivity contribution in [2.45, 2.75) is 5.16 Å². The van der Waals surface area contributed by atoms with Crippen molar-refractivity contribution >= 4 is 46.8 Å². The maximum atomic E-state index is 12.4. The fourth-order valence-corrected chi connectivity index (χ4v) is 3.15. The number of rotatable bonds is 6. The monoisotopic (exact) mass is 391 g/mol. The van der Waals surface area contributed by atoms with Gasteiger partial charge in [0.15, 0.2) is 10.9 Å². The number of hydrogen-bond acceptors (Lipinski definition) is 8. The number of ketones is 1. The van der Waals surface area contributed by atoms with Gasteiger partial charge in [-0.2, -0.15) is 9.97 Å². The Morgan fingerprint density at radius 3 is 2.38 bits per heavy atom. The summed E-state index contributed by atoms with van der Waals surface area (Å²) in [7, 11) is 7.49. The summed E-state index contributed by atoms with van der Waals surface area (Å²) in [5, 5.41) is 9.46. The van der Waals surface area contributed by atoms with Gasteiger partial charge in [-0.25, -0.2) is 4.40 Å². The summed E-state index contributed by atoms with van der Waals surface area (Å²) in [5.41, 5.74) is 0.606. The SMILES string of the molecule is CN(C)c1nc(N(C)C)n2c(SCC(=O)c3ccc(Cl)cc3)nnc2n1. The van der Waals surface area contributed by atoms with Gasteiger partial charge in [0.05, 0.1) is 5.75 Å². The largest absolute Gasteiger partial charge is 0.348 e. The van der Waals surface area contributed by atoms with Crippen LogP contribution < -0.4 is 9.80 Å². The van der Waals surface area contributed by atoms with E-state index < -0.39 is 0 Å². The summed E-state index contributed by atoms with van der Waals surface area (Å²) >= 11 is 7.16. The molecule has 3 rings (SSSR count). The molecule has 0 radical (unpaired) electrons. The maximum Gasteiger partial charge on any atom is 0.261 e. The third-order valence-corrected chi connectivity index (χ3v) is 4.70. The van der Waals surface area contributed by atoms with Crippen LogP contribution in [0.1, 0.15) is 10.4 Å². The number of nitrogens with zero attached hydrogens (tertiary/aromatic N) is 7. The van der Waals surface area contributed by atoms with E-state index in [0.29, 0.717) is 33.4 Å². The number of fused-ring (bicyclic) bond motifs is 1. The van der Waals surface area contributed by atoms with Crippen molar-refractivity contribution in [1.29, 1.82) is 0 Å². The molecule has 8 nitrogen and oxygen atoms in total. The molecule has 1 aromatic carbocycles. The zero-order valence-corrected chi connectivity index (χ0v) is 16.4. The van der Waals surface area contributed by atoms with Crippen LogP contribution in [0.5, 0.6) is 0 Å². The highest BCUT2D eigenvalue weighted by molar-refractivity contribution is 7.99. The Bertz CT molecular complexity index is 940. The Labute approximate surface area is 160 Å². The molecular formula is C16H18ClN7OS. The fourth-order valence-electron chi connectivity index (χ4n) is 2.21. The molecule has 2 heterocycles. The molecule has 0 aliphatic rings. The summed E-state index contributed by atoms with van der Waals surface area (Å²) in [6, 6.07) is 6.83. The summed E-state index contributed by atoms with van der Waals surface area (Å²) < 4.78 is 1.74. The van der Waals surface area contributed by atoms with Crippen LogP contribution in [0.3, 0.4) is 0 Å². The molecule has 0 saturated heterocycles. The number of halogens is 1. The van der Waals surface area contributed by atoms with Crippen LogP contribution in [-0.2, 0) is 0 Å². The van der Waals surface area contributed by atoms with Gasteiger partial charge in [0.1, 0.15) is 0 Å². The van der Waals surface area contributed by atoms with E-state index in [4.69, 9.17) is 11.6 Å². The van der Waals surface area contributed by atoms with E-state index >= 15 is 0 Å². The summed E-state index contributed by atoms with van der Waals surface area (Å²) in [6.07, 6.45) is 0. The van der Waals surface area contributed by atoms with Gasteiger partial charge in [0.2, 0.25) is 11.9 Å². The molecule has 0 bridgehead atoms. The topological polar surface area (TPSA) is 79.5 Å². The van der Waals surface area contributed by atoms with Crippen LogP contribution in [-0.4, -0.2) is 64.3 Å². The Balaban J connectivity index is 1.88. The smallest absolute Gasteiger partial charge is 0.261 e. The summed E-state index contributed by atoms with van der Waals surface area (Å²) in [4.78, 5) is 25.0. The van der Waals surface area contributed by atoms with Gasteiger partial charge < -0.3 is 9.80 Å². The van der Waals surface area contributed by atoms with Crippen LogP contribution in [0.2, 0.25) is 5.02 Å². The zero-order chi connectivity index (χ0) is 18.8. The second kappa shape index (κ2) is 7.46. The van der Waals surface area contributed by atoms with Gasteiger partial charge in [0, 0.05) is 38.8 Å². The lowest BCUT2D eigenvalue weighted by Gasteiger charge is -2.17. The molecule has 0 aliphatic carbocycles. The molecule has 0 aliphatic heterocycles. The van der Waals surface area contributed by atoms with E-state index in [-0.39, 0.29) is 11.5 Å². The number of carbonyl (C=O) groups excluding carboxylic acids is 1. The third-order valence-electron chi connectivity index (χ3n) is 3.51. The number of aromatic nitrogens is 5. The molecule has 0 N–H and O–H groups in total. The molecule has 0 amide bonds. The molecular weight excluding hydrogens is 374 g/mol. The first-order valence-corrected chi connectivity index (χ1v) is 9.12. The van der Waals surface area contributed by atoms with Crippen molar-refractivity contribution in [3.05, 3.63) is 34.9 Å². The van der Waals surface area contributed by atoms with Crippen LogP contribution in [0.15, 0.2) is 29.4 Å². The highest BCUT2D eigenvalue weighted by Crippen LogP contribution is 2.23. The van der Waals surface area contributed by atoms with E-state index in [2.05, 4.69) is 20.2 Å². The first-order valence-electron chi connectivity index (χ1n) is 7.76. The summed E-state index contributed by atoms with van der Waals surface area (Å²) in [5.74, 6) is 1.84. The van der Waals surface area contributed by atoms with Crippen molar-refractivity contribution < 1.29 is 4.79 Å². The van der Waals surface area contributed by atoms with Crippen LogP contribution in [0.25, 0.3) is 5.78 Å². The quantitative estimate of drug-likeness (QED) is 0.467. The number of benzene rings is 1. The second-order valence-corrected chi connectivity index (χ2v) is 7.33. The van der Waals surface area contributed by atoms with Crippen molar-refractivity contribution in [3.8, 4) is 0 Å². The average molecular weight is 392 g/mol. The standard InChI is InChI=1S/C16H18ClN7OS/c1-22(2)13-18-14-20-21-16(24(14)15(19-13)23(3)4)26-9-12(25)10-5-7-11(17)8-6-10/h5-8H,9H2,1-4H3. The molecule has 0 unspecified atom stereocenters. The minimum Gasteiger partial charge on any atom is -0.348 e. The minimum absolute atomic E-state index is 0.0133. The predicted octanol–water partition coefficient (Wildman–Crippen LogP) is 2.28. The molecule has 0 saturated carbocycles. The molecule has 10 heteroatoms. The highest BCUT2D eigenvalue weighted by atomic mass is 35.5. The lowest BCUT2D eigenvalue weighted by Crippen LogP contribution is -2.20. The number of Topliss-reactive ketones (excluding diaryl/α,β-unsaturated/α-hetero) is 1. The minimum atomic E-state index is -0.0133. The number of hydrogen-bond donors (Lipinski definition) is 0. The Kier molecular flexibility index (Phi) is 5.28. The normalized spacial score (nSPS) is 11.0. The molecule has 0 spiro atoms. The second-order valence-electron chi connectivity index (χ2n) is 5.95. The maximum absolute atomic E-state index is 12.4. The van der Waals surface area contributed by atoms with E-state index in [1.807, 2.05) is 33.1 Å². The number of thioether (sulfide) groups is 1. The van der Waals surface area contributed by atoms with E-state index in [1.54, 1.807) is 33.6 Å². The third kappa shape index (κ3) is 3.73. The lowest BCUT2D eigenvalue weighted by atomic mass is 10.1. The van der Waals surface area contributed by atoms with Gasteiger partial charge in [-0.15, -0.1) is 10.2 Å². The van der Waals surface area contributed by atoms with Gasteiger partial charge >= 0.3 is 0 Å². The highest BCUT2D eigenvalue weighted by Gasteiger charge is 2.18. The van der Waals surface area contributed by atoms with Gasteiger partial charge in [-0.05, 0) is 24.3 Å². The molecule has 0 atom stereocenters. The Morgan fingerprint density at radius 2 is 1.77 bits per heavy atom. The first-order chi connectivity index (χ1) is 12.4. The fraction of sp³-hybridized carbons (Fsp3) is 0.312. The molecule has 0 fully saturated rings. The first kappa shape index (κ1) is 18.4. The molecule has 26 heavy (non-hydrogen) atoms. The van der Waals surface area contributed by atoms with Crippen LogP contribution in [0.4, 0.5) is 11.9 Å². The molecule has 3 aromatic rings. The van der Waals surface area contributed by atoms with Crippen molar-refractivity contribution in [3.63, 3.8) is 0 Å². The van der Waals surface area contributed by atoms with Gasteiger partial charge in [-0.1, -0.05) is 23.4 Å². The Morgan fingerprint density at radius 1 is 1.08 bits per heavy atom. The molecule has 136 valence electrons. The lowest BCUT2D eigenvalue weighted by molar-refractivity contribution is 0.102.